The van der Waals surface area contributed by atoms with Gasteiger partial charge in [-0.3, -0.25) is 0 Å². The van der Waals surface area contributed by atoms with Crippen LogP contribution in [-0.2, 0) is 4.79 Å². The van der Waals surface area contributed by atoms with Crippen molar-refractivity contribution >= 4 is 21.9 Å². The Morgan fingerprint density at radius 3 is 2.33 bits per heavy atom. The molecule has 1 aromatic carbocycles. The second-order valence-corrected chi connectivity index (χ2v) is 3.17. The molecule has 12 heavy (non-hydrogen) atoms. The van der Waals surface area contributed by atoms with E-state index in [0.29, 0.717) is 0 Å². The van der Waals surface area contributed by atoms with Crippen molar-refractivity contribution in [3.63, 3.8) is 0 Å². The van der Waals surface area contributed by atoms with Crippen LogP contribution in [0.25, 0.3) is 0 Å². The fraction of sp³-hybridized carbons (Fsp3) is 0.125. The molecule has 1 rings (SSSR count). The van der Waals surface area contributed by atoms with E-state index < -0.39 is 12.1 Å². The molecule has 0 spiro atoms. The average molecular weight is 233 g/mol. The number of benzene rings is 1. The molecule has 4 heteroatoms. The summed E-state index contributed by atoms with van der Waals surface area (Å²) in [5.41, 5.74) is 0.158. The lowest BCUT2D eigenvalue weighted by Gasteiger charge is -2.01. The van der Waals surface area contributed by atoms with Gasteiger partial charge in [0.1, 0.15) is 0 Å². The summed E-state index contributed by atoms with van der Waals surface area (Å²) in [6, 6.07) is 6.07. The van der Waals surface area contributed by atoms with E-state index in [1.807, 2.05) is 0 Å². The van der Waals surface area contributed by atoms with Gasteiger partial charge in [-0.2, -0.15) is 0 Å². The first-order chi connectivity index (χ1) is 5.61. The molecule has 0 heterocycles. The molecule has 0 saturated carbocycles. The Hall–Kier alpha value is -0.900. The summed E-state index contributed by atoms with van der Waals surface area (Å²) < 4.78 is 13.6. The molecule has 0 aliphatic heterocycles. The number of hydrogen-bond donors (Lipinski definition) is 1. The normalized spacial score (nSPS) is 12.5. The standard InChI is InChI=1S/C8H6BrFO2/c9-6-3-1-5(2-4-6)7(10)8(11)12/h1-4,7H,(H,11,12)/t7-/m0/s1. The summed E-state index contributed by atoms with van der Waals surface area (Å²) >= 11 is 3.16. The summed E-state index contributed by atoms with van der Waals surface area (Å²) in [5.74, 6) is -1.46. The summed E-state index contributed by atoms with van der Waals surface area (Å²) in [4.78, 5) is 10.2. The van der Waals surface area contributed by atoms with Crippen molar-refractivity contribution in [1.82, 2.24) is 0 Å². The third-order valence-electron chi connectivity index (χ3n) is 1.38. The van der Waals surface area contributed by atoms with Gasteiger partial charge in [0.15, 0.2) is 0 Å². The van der Waals surface area contributed by atoms with Gasteiger partial charge >= 0.3 is 5.97 Å². The van der Waals surface area contributed by atoms with Crippen LogP contribution < -0.4 is 0 Å². The van der Waals surface area contributed by atoms with Gasteiger partial charge in [-0.1, -0.05) is 28.1 Å². The molecular weight excluding hydrogens is 227 g/mol. The minimum absolute atomic E-state index is 0.158. The first-order valence-corrected chi connectivity index (χ1v) is 4.03. The highest BCUT2D eigenvalue weighted by atomic mass is 79.9. The van der Waals surface area contributed by atoms with E-state index in [2.05, 4.69) is 15.9 Å². The van der Waals surface area contributed by atoms with Crippen LogP contribution in [0.3, 0.4) is 0 Å². The van der Waals surface area contributed by atoms with E-state index >= 15 is 0 Å². The molecule has 64 valence electrons. The number of hydrogen-bond acceptors (Lipinski definition) is 1. The van der Waals surface area contributed by atoms with Crippen LogP contribution in [0.15, 0.2) is 28.7 Å². The Balaban J connectivity index is 2.89. The third-order valence-corrected chi connectivity index (χ3v) is 1.91. The van der Waals surface area contributed by atoms with E-state index in [1.54, 1.807) is 12.1 Å². The first-order valence-electron chi connectivity index (χ1n) is 3.23. The molecule has 0 bridgehead atoms. The number of halogens is 2. The zero-order valence-corrected chi connectivity index (χ0v) is 7.58. The highest BCUT2D eigenvalue weighted by Crippen LogP contribution is 2.19. The zero-order valence-electron chi connectivity index (χ0n) is 6.00. The molecule has 0 fully saturated rings. The smallest absolute Gasteiger partial charge is 0.343 e. The van der Waals surface area contributed by atoms with Crippen molar-refractivity contribution in [3.05, 3.63) is 34.3 Å². The minimum atomic E-state index is -1.93. The highest BCUT2D eigenvalue weighted by Gasteiger charge is 2.17. The van der Waals surface area contributed by atoms with Crippen molar-refractivity contribution in [2.24, 2.45) is 0 Å². The third kappa shape index (κ3) is 2.04. The maximum atomic E-state index is 12.8. The van der Waals surface area contributed by atoms with Crippen LogP contribution in [0, 0.1) is 0 Å². The van der Waals surface area contributed by atoms with Crippen molar-refractivity contribution in [2.75, 3.05) is 0 Å². The number of rotatable bonds is 2. The molecule has 0 aliphatic rings. The Labute approximate surface area is 77.2 Å². The molecule has 2 nitrogen and oxygen atoms in total. The second kappa shape index (κ2) is 3.67. The molecule has 1 atom stereocenters. The first kappa shape index (κ1) is 9.19. The van der Waals surface area contributed by atoms with E-state index in [4.69, 9.17) is 5.11 Å². The molecule has 0 unspecified atom stereocenters. The van der Waals surface area contributed by atoms with Gasteiger partial charge in [0.25, 0.3) is 0 Å². The van der Waals surface area contributed by atoms with E-state index in [9.17, 15) is 9.18 Å². The van der Waals surface area contributed by atoms with Crippen molar-refractivity contribution in [3.8, 4) is 0 Å². The van der Waals surface area contributed by atoms with Gasteiger partial charge < -0.3 is 5.11 Å². The summed E-state index contributed by atoms with van der Waals surface area (Å²) in [5, 5.41) is 8.32. The van der Waals surface area contributed by atoms with Gasteiger partial charge in [-0.15, -0.1) is 0 Å². The lowest BCUT2D eigenvalue weighted by Crippen LogP contribution is -2.05. The Kier molecular flexibility index (Phi) is 2.81. The van der Waals surface area contributed by atoms with Gasteiger partial charge in [0.2, 0.25) is 6.17 Å². The van der Waals surface area contributed by atoms with Crippen LogP contribution >= 0.6 is 15.9 Å². The molecule has 1 N–H and O–H groups in total. The number of carboxylic acids is 1. The van der Waals surface area contributed by atoms with Gasteiger partial charge in [0, 0.05) is 4.47 Å². The second-order valence-electron chi connectivity index (χ2n) is 2.25. The van der Waals surface area contributed by atoms with Gasteiger partial charge in [-0.05, 0) is 17.7 Å². The summed E-state index contributed by atoms with van der Waals surface area (Å²) in [6.45, 7) is 0. The lowest BCUT2D eigenvalue weighted by molar-refractivity contribution is -0.143. The molecule has 1 aromatic rings. The largest absolute Gasteiger partial charge is 0.479 e. The lowest BCUT2D eigenvalue weighted by atomic mass is 10.1. The SMILES string of the molecule is O=C(O)[C@@H](F)c1ccc(Br)cc1. The number of alkyl halides is 1. The Morgan fingerprint density at radius 1 is 1.42 bits per heavy atom. The maximum absolute atomic E-state index is 12.8. The molecule has 0 amide bonds. The van der Waals surface area contributed by atoms with Crippen molar-refractivity contribution in [2.45, 2.75) is 6.17 Å². The monoisotopic (exact) mass is 232 g/mol. The highest BCUT2D eigenvalue weighted by molar-refractivity contribution is 9.10. The maximum Gasteiger partial charge on any atom is 0.343 e. The van der Waals surface area contributed by atoms with Crippen molar-refractivity contribution in [1.29, 1.82) is 0 Å². The summed E-state index contributed by atoms with van der Waals surface area (Å²) in [6.07, 6.45) is -1.93. The average Bonchev–Trinajstić information content (AvgIpc) is 2.04. The molecular formula is C8H6BrFO2. The number of carbonyl (C=O) groups is 1. The van der Waals surface area contributed by atoms with Crippen molar-refractivity contribution < 1.29 is 14.3 Å². The van der Waals surface area contributed by atoms with Gasteiger partial charge in [0.05, 0.1) is 0 Å². The van der Waals surface area contributed by atoms with E-state index in [-0.39, 0.29) is 5.56 Å². The number of aliphatic carboxylic acids is 1. The van der Waals surface area contributed by atoms with Crippen LogP contribution in [0.5, 0.6) is 0 Å². The predicted molar refractivity (Wildman–Crippen MR) is 45.6 cm³/mol. The van der Waals surface area contributed by atoms with E-state index in [1.165, 1.54) is 12.1 Å². The number of carboxylic acid groups (broad SMARTS) is 1. The Bertz CT molecular complexity index is 284. The van der Waals surface area contributed by atoms with Crippen LogP contribution in [0.1, 0.15) is 11.7 Å². The fourth-order valence-corrected chi connectivity index (χ4v) is 1.04. The zero-order chi connectivity index (χ0) is 9.14. The predicted octanol–water partition coefficient (Wildman–Crippen LogP) is 2.54. The van der Waals surface area contributed by atoms with Gasteiger partial charge in [-0.25, -0.2) is 9.18 Å². The minimum Gasteiger partial charge on any atom is -0.479 e. The topological polar surface area (TPSA) is 37.3 Å². The van der Waals surface area contributed by atoms with Crippen LogP contribution in [0.2, 0.25) is 0 Å². The molecule has 0 aliphatic carbocycles. The molecule has 0 aromatic heterocycles. The summed E-state index contributed by atoms with van der Waals surface area (Å²) in [7, 11) is 0. The quantitative estimate of drug-likeness (QED) is 0.852. The van der Waals surface area contributed by atoms with Crippen LogP contribution in [0.4, 0.5) is 4.39 Å². The fourth-order valence-electron chi connectivity index (χ4n) is 0.774. The van der Waals surface area contributed by atoms with E-state index in [0.717, 1.165) is 4.47 Å². The Morgan fingerprint density at radius 2 is 1.92 bits per heavy atom. The molecule has 0 saturated heterocycles. The van der Waals surface area contributed by atoms with Crippen LogP contribution in [-0.4, -0.2) is 11.1 Å². The molecule has 0 radical (unpaired) electrons.